The summed E-state index contributed by atoms with van der Waals surface area (Å²) < 4.78 is 0. The maximum atomic E-state index is 2.52. The molecule has 2 heteroatoms. The van der Waals surface area contributed by atoms with Gasteiger partial charge in [0.1, 0.15) is 0 Å². The molecule has 0 aliphatic rings. The standard InChI is InChI=1S/C15H34As.ClH/c1-5-6-7-8-9-10-11-12-13-14-15-16(2,3)4;/h5-15H2,1-4H3;1H/q+1;/p-1. The second kappa shape index (κ2) is 13.3. The fourth-order valence-corrected chi connectivity index (χ4v) is 4.53. The number of hydrogen-bond donors (Lipinski definition) is 0. The first kappa shape index (κ1) is 20.2. The van der Waals surface area contributed by atoms with Crippen LogP contribution >= 0.6 is 0 Å². The minimum Gasteiger partial charge on any atom is -1.00 e. The van der Waals surface area contributed by atoms with Crippen LogP contribution in [0.15, 0.2) is 0 Å². The third kappa shape index (κ3) is 19.4. The van der Waals surface area contributed by atoms with Crippen molar-refractivity contribution >= 4 is 13.6 Å². The molecule has 106 valence electrons. The van der Waals surface area contributed by atoms with Gasteiger partial charge < -0.3 is 12.4 Å². The molecule has 0 aromatic heterocycles. The van der Waals surface area contributed by atoms with Gasteiger partial charge in [0.25, 0.3) is 0 Å². The molecule has 0 spiro atoms. The Morgan fingerprint density at radius 1 is 0.588 bits per heavy atom. The first-order valence-electron chi connectivity index (χ1n) is 7.36. The van der Waals surface area contributed by atoms with Crippen LogP contribution in [0.25, 0.3) is 0 Å². The van der Waals surface area contributed by atoms with E-state index < -0.39 is 13.6 Å². The van der Waals surface area contributed by atoms with Gasteiger partial charge in [0.05, 0.1) is 0 Å². The van der Waals surface area contributed by atoms with Crippen LogP contribution < -0.4 is 12.4 Å². The normalized spacial score (nSPS) is 11.3. The topological polar surface area (TPSA) is 0 Å². The van der Waals surface area contributed by atoms with Gasteiger partial charge in [-0.05, 0) is 0 Å². The predicted molar refractivity (Wildman–Crippen MR) is 80.0 cm³/mol. The molecule has 0 aliphatic heterocycles. The Hall–Kier alpha value is 0.848. The summed E-state index contributed by atoms with van der Waals surface area (Å²) in [6.45, 7) is 2.29. The summed E-state index contributed by atoms with van der Waals surface area (Å²) in [5, 5.41) is 1.56. The monoisotopic (exact) mass is 324 g/mol. The molecule has 0 bridgehead atoms. The van der Waals surface area contributed by atoms with Crippen molar-refractivity contribution in [1.82, 2.24) is 0 Å². The van der Waals surface area contributed by atoms with Gasteiger partial charge in [-0.1, -0.05) is 0 Å². The van der Waals surface area contributed by atoms with Gasteiger partial charge >= 0.3 is 107 Å². The Morgan fingerprint density at radius 2 is 0.941 bits per heavy atom. The van der Waals surface area contributed by atoms with Crippen molar-refractivity contribution in [2.24, 2.45) is 0 Å². The van der Waals surface area contributed by atoms with Crippen LogP contribution in [0.4, 0.5) is 0 Å². The van der Waals surface area contributed by atoms with Crippen LogP contribution in [0.1, 0.15) is 71.1 Å². The Labute approximate surface area is 119 Å². The largest absolute Gasteiger partial charge is 1.00 e. The maximum absolute atomic E-state index is 2.52. The summed E-state index contributed by atoms with van der Waals surface area (Å²) in [5.74, 6) is 0. The Kier molecular flexibility index (Phi) is 15.8. The van der Waals surface area contributed by atoms with Crippen LogP contribution in [0.3, 0.4) is 0 Å². The molecule has 0 aromatic rings. The van der Waals surface area contributed by atoms with E-state index in [1.54, 1.807) is 5.21 Å². The van der Waals surface area contributed by atoms with Crippen LogP contribution in [-0.4, -0.2) is 13.6 Å². The molecule has 0 aliphatic carbocycles. The molecule has 0 fully saturated rings. The fraction of sp³-hybridized carbons (Fsp3) is 1.00. The van der Waals surface area contributed by atoms with Crippen LogP contribution in [0.2, 0.25) is 22.3 Å². The third-order valence-corrected chi connectivity index (χ3v) is 6.66. The SMILES string of the molecule is CCCCCCCCCCCC[As+](C)(C)C.[Cl-]. The first-order chi connectivity index (χ1) is 7.56. The van der Waals surface area contributed by atoms with E-state index in [1.807, 2.05) is 0 Å². The molecule has 0 atom stereocenters. The maximum Gasteiger partial charge on any atom is -1.00 e. The molecule has 0 radical (unpaired) electrons. The summed E-state index contributed by atoms with van der Waals surface area (Å²) in [6, 6.07) is 0. The van der Waals surface area contributed by atoms with Crippen LogP contribution in [-0.2, 0) is 0 Å². The van der Waals surface area contributed by atoms with Gasteiger partial charge in [0, 0.05) is 0 Å². The second-order valence-electron chi connectivity index (χ2n) is 6.20. The van der Waals surface area contributed by atoms with Crippen LogP contribution in [0.5, 0.6) is 0 Å². The van der Waals surface area contributed by atoms with Gasteiger partial charge in [0.15, 0.2) is 0 Å². The fourth-order valence-electron chi connectivity index (χ4n) is 2.07. The number of hydrogen-bond acceptors (Lipinski definition) is 0. The summed E-state index contributed by atoms with van der Waals surface area (Å²) in [6.07, 6.45) is 14.7. The van der Waals surface area contributed by atoms with E-state index in [0.717, 1.165) is 0 Å². The van der Waals surface area contributed by atoms with Gasteiger partial charge in [-0.25, -0.2) is 0 Å². The quantitative estimate of drug-likeness (QED) is 0.404. The van der Waals surface area contributed by atoms with Crippen LogP contribution in [0, 0.1) is 0 Å². The molecule has 0 saturated heterocycles. The van der Waals surface area contributed by atoms with Crippen molar-refractivity contribution in [3.05, 3.63) is 0 Å². The predicted octanol–water partition coefficient (Wildman–Crippen LogP) is 3.25. The van der Waals surface area contributed by atoms with Gasteiger partial charge in [-0.15, -0.1) is 0 Å². The average molecular weight is 325 g/mol. The Balaban J connectivity index is 0. The van der Waals surface area contributed by atoms with Crippen molar-refractivity contribution < 1.29 is 12.4 Å². The van der Waals surface area contributed by atoms with E-state index in [0.29, 0.717) is 0 Å². The molecular formula is C15H34AsCl. The molecule has 0 saturated carbocycles. The zero-order valence-corrected chi connectivity index (χ0v) is 15.2. The zero-order valence-electron chi connectivity index (χ0n) is 12.6. The van der Waals surface area contributed by atoms with E-state index in [9.17, 15) is 0 Å². The summed E-state index contributed by atoms with van der Waals surface area (Å²) in [4.78, 5) is 0. The molecule has 0 nitrogen and oxygen atoms in total. The van der Waals surface area contributed by atoms with E-state index in [-0.39, 0.29) is 12.4 Å². The van der Waals surface area contributed by atoms with Crippen molar-refractivity contribution in [3.8, 4) is 0 Å². The van der Waals surface area contributed by atoms with E-state index in [4.69, 9.17) is 0 Å². The first-order valence-corrected chi connectivity index (χ1v) is 14.3. The number of halogens is 1. The molecular weight excluding hydrogens is 291 g/mol. The van der Waals surface area contributed by atoms with Crippen molar-refractivity contribution in [2.75, 3.05) is 0 Å². The minimum atomic E-state index is -1.05. The molecule has 0 unspecified atom stereocenters. The van der Waals surface area contributed by atoms with E-state index >= 15 is 0 Å². The Morgan fingerprint density at radius 3 is 1.29 bits per heavy atom. The van der Waals surface area contributed by atoms with Crippen molar-refractivity contribution in [2.45, 2.75) is 93.5 Å². The van der Waals surface area contributed by atoms with Gasteiger partial charge in [0.2, 0.25) is 0 Å². The molecule has 0 heterocycles. The number of unbranched alkanes of at least 4 members (excludes halogenated alkanes) is 9. The third-order valence-electron chi connectivity index (χ3n) is 3.18. The minimum absolute atomic E-state index is 0. The van der Waals surface area contributed by atoms with E-state index in [1.165, 1.54) is 64.2 Å². The molecule has 0 N–H and O–H groups in total. The van der Waals surface area contributed by atoms with Crippen molar-refractivity contribution in [3.63, 3.8) is 0 Å². The van der Waals surface area contributed by atoms with Crippen molar-refractivity contribution in [1.29, 1.82) is 0 Å². The molecule has 0 rings (SSSR count). The molecule has 0 amide bonds. The number of rotatable bonds is 11. The molecule has 17 heavy (non-hydrogen) atoms. The molecule has 0 aromatic carbocycles. The summed E-state index contributed by atoms with van der Waals surface area (Å²) >= 11 is -1.05. The smallest absolute Gasteiger partial charge is 1.00 e. The summed E-state index contributed by atoms with van der Waals surface area (Å²) in [5.41, 5.74) is 7.56. The second-order valence-corrected chi connectivity index (χ2v) is 16.7. The average Bonchev–Trinajstić information content (AvgIpc) is 2.19. The van der Waals surface area contributed by atoms with E-state index in [2.05, 4.69) is 24.1 Å². The van der Waals surface area contributed by atoms with Gasteiger partial charge in [-0.2, -0.15) is 0 Å². The zero-order chi connectivity index (χ0) is 12.3. The van der Waals surface area contributed by atoms with Gasteiger partial charge in [-0.3, -0.25) is 0 Å². The Bertz CT molecular complexity index is 140. The summed E-state index contributed by atoms with van der Waals surface area (Å²) in [7, 11) is 0.